The summed E-state index contributed by atoms with van der Waals surface area (Å²) in [7, 11) is 0. The molecule has 2 aliphatic heterocycles. The lowest BCUT2D eigenvalue weighted by molar-refractivity contribution is 0.0339. The van der Waals surface area contributed by atoms with Crippen LogP contribution in [0, 0.1) is 0 Å². The van der Waals surface area contributed by atoms with Gasteiger partial charge >= 0.3 is 6.03 Å². The molecule has 2 saturated heterocycles. The lowest BCUT2D eigenvalue weighted by Crippen LogP contribution is -2.52. The lowest BCUT2D eigenvalue weighted by atomic mass is 10.0. The minimum absolute atomic E-state index is 0.0386. The number of nitrogens with zero attached hydrogens (tertiary/aromatic N) is 2. The van der Waals surface area contributed by atoms with E-state index in [1.54, 1.807) is 0 Å². The highest BCUT2D eigenvalue weighted by Gasteiger charge is 2.24. The van der Waals surface area contributed by atoms with Crippen LogP contribution in [-0.2, 0) is 11.3 Å². The summed E-state index contributed by atoms with van der Waals surface area (Å²) in [5.74, 6) is 0. The molecule has 31 heavy (non-hydrogen) atoms. The van der Waals surface area contributed by atoms with E-state index < -0.39 is 0 Å². The van der Waals surface area contributed by atoms with Gasteiger partial charge in [-0.2, -0.15) is 0 Å². The van der Waals surface area contributed by atoms with Crippen molar-refractivity contribution in [3.63, 3.8) is 0 Å². The zero-order valence-electron chi connectivity index (χ0n) is 18.2. The fourth-order valence-electron chi connectivity index (χ4n) is 4.51. The van der Waals surface area contributed by atoms with E-state index in [4.69, 9.17) is 4.74 Å². The van der Waals surface area contributed by atoms with Crippen molar-refractivity contribution in [3.05, 3.63) is 71.8 Å². The summed E-state index contributed by atoms with van der Waals surface area (Å²) in [6.45, 7) is 7.03. The molecular weight excluding hydrogens is 388 g/mol. The normalized spacial score (nSPS) is 21.4. The van der Waals surface area contributed by atoms with Crippen molar-refractivity contribution in [2.24, 2.45) is 0 Å². The summed E-state index contributed by atoms with van der Waals surface area (Å²) >= 11 is 0. The van der Waals surface area contributed by atoms with Gasteiger partial charge in [0.05, 0.1) is 19.3 Å². The van der Waals surface area contributed by atoms with Crippen LogP contribution in [0.1, 0.15) is 30.0 Å². The molecule has 2 N–H and O–H groups in total. The molecule has 2 unspecified atom stereocenters. The number of benzene rings is 2. The molecule has 2 amide bonds. The van der Waals surface area contributed by atoms with Crippen molar-refractivity contribution >= 4 is 6.03 Å². The van der Waals surface area contributed by atoms with E-state index in [1.807, 2.05) is 18.2 Å². The van der Waals surface area contributed by atoms with Gasteiger partial charge in [-0.3, -0.25) is 9.80 Å². The van der Waals surface area contributed by atoms with Crippen LogP contribution in [0.3, 0.4) is 0 Å². The molecule has 2 fully saturated rings. The van der Waals surface area contributed by atoms with Crippen LogP contribution in [0.15, 0.2) is 60.7 Å². The van der Waals surface area contributed by atoms with Gasteiger partial charge in [0.1, 0.15) is 0 Å². The van der Waals surface area contributed by atoms with Crippen LogP contribution in [0.5, 0.6) is 0 Å². The SMILES string of the molecule is O=C(NC1CCCN(Cc2ccccc2)C1)NC(CN1CCOCC1)c1ccccc1. The first kappa shape index (κ1) is 21.8. The average molecular weight is 423 g/mol. The molecule has 0 aliphatic carbocycles. The quantitative estimate of drug-likeness (QED) is 0.720. The highest BCUT2D eigenvalue weighted by Crippen LogP contribution is 2.17. The number of urea groups is 1. The van der Waals surface area contributed by atoms with Crippen LogP contribution in [-0.4, -0.2) is 67.8 Å². The van der Waals surface area contributed by atoms with E-state index in [1.165, 1.54) is 5.56 Å². The van der Waals surface area contributed by atoms with E-state index in [0.29, 0.717) is 0 Å². The average Bonchev–Trinajstić information content (AvgIpc) is 2.81. The Morgan fingerprint density at radius 1 is 0.968 bits per heavy atom. The minimum Gasteiger partial charge on any atom is -0.379 e. The van der Waals surface area contributed by atoms with Crippen LogP contribution in [0.4, 0.5) is 4.79 Å². The molecule has 0 bridgehead atoms. The van der Waals surface area contributed by atoms with Crippen LogP contribution in [0.2, 0.25) is 0 Å². The summed E-state index contributed by atoms with van der Waals surface area (Å²) in [4.78, 5) is 17.7. The maximum Gasteiger partial charge on any atom is 0.315 e. The summed E-state index contributed by atoms with van der Waals surface area (Å²) in [6.07, 6.45) is 2.13. The van der Waals surface area contributed by atoms with Crippen molar-refractivity contribution in [1.82, 2.24) is 20.4 Å². The second-order valence-corrected chi connectivity index (χ2v) is 8.55. The minimum atomic E-state index is -0.0753. The number of likely N-dealkylation sites (tertiary alicyclic amines) is 1. The van der Waals surface area contributed by atoms with Crippen molar-refractivity contribution in [3.8, 4) is 0 Å². The molecule has 166 valence electrons. The number of hydrogen-bond donors (Lipinski definition) is 2. The molecule has 2 heterocycles. The smallest absolute Gasteiger partial charge is 0.315 e. The van der Waals surface area contributed by atoms with Crippen molar-refractivity contribution in [2.45, 2.75) is 31.5 Å². The second kappa shape index (κ2) is 11.3. The maximum absolute atomic E-state index is 12.9. The number of nitrogens with one attached hydrogen (secondary N) is 2. The Hall–Kier alpha value is -2.41. The predicted molar refractivity (Wildman–Crippen MR) is 123 cm³/mol. The monoisotopic (exact) mass is 422 g/mol. The molecular formula is C25H34N4O2. The fourth-order valence-corrected chi connectivity index (χ4v) is 4.51. The standard InChI is InChI=1S/C25H34N4O2/c30-25(26-23-12-7-13-29(19-23)18-21-8-3-1-4-9-21)27-24(22-10-5-2-6-11-22)20-28-14-16-31-17-15-28/h1-6,8-11,23-24H,7,12-20H2,(H2,26,27,30). The molecule has 0 saturated carbocycles. The van der Waals surface area contributed by atoms with Gasteiger partial charge in [-0.25, -0.2) is 4.79 Å². The number of carbonyl (C=O) groups is 1. The third-order valence-electron chi connectivity index (χ3n) is 6.14. The zero-order valence-corrected chi connectivity index (χ0v) is 18.2. The Bertz CT molecular complexity index is 796. The first-order chi connectivity index (χ1) is 15.3. The highest BCUT2D eigenvalue weighted by atomic mass is 16.5. The first-order valence-electron chi connectivity index (χ1n) is 11.4. The summed E-state index contributed by atoms with van der Waals surface area (Å²) in [6, 6.07) is 20.9. The van der Waals surface area contributed by atoms with Gasteiger partial charge in [-0.1, -0.05) is 60.7 Å². The Balaban J connectivity index is 1.32. The second-order valence-electron chi connectivity index (χ2n) is 8.55. The van der Waals surface area contributed by atoms with E-state index >= 15 is 0 Å². The molecule has 6 nitrogen and oxygen atoms in total. The molecule has 6 heteroatoms. The van der Waals surface area contributed by atoms with Gasteiger partial charge < -0.3 is 15.4 Å². The van der Waals surface area contributed by atoms with Gasteiger partial charge in [0.2, 0.25) is 0 Å². The van der Waals surface area contributed by atoms with E-state index in [9.17, 15) is 4.79 Å². The molecule has 2 aromatic carbocycles. The van der Waals surface area contributed by atoms with Crippen LogP contribution in [0.25, 0.3) is 0 Å². The topological polar surface area (TPSA) is 56.8 Å². The zero-order chi connectivity index (χ0) is 21.3. The molecule has 4 rings (SSSR count). The molecule has 0 aromatic heterocycles. The van der Waals surface area contributed by atoms with Crippen molar-refractivity contribution < 1.29 is 9.53 Å². The van der Waals surface area contributed by atoms with Crippen molar-refractivity contribution in [1.29, 1.82) is 0 Å². The Morgan fingerprint density at radius 3 is 2.42 bits per heavy atom. The van der Waals surface area contributed by atoms with Gasteiger partial charge in [0.25, 0.3) is 0 Å². The first-order valence-corrected chi connectivity index (χ1v) is 11.4. The van der Waals surface area contributed by atoms with E-state index in [0.717, 1.165) is 70.9 Å². The summed E-state index contributed by atoms with van der Waals surface area (Å²) in [5.41, 5.74) is 2.46. The van der Waals surface area contributed by atoms with Gasteiger partial charge in [-0.05, 0) is 30.5 Å². The largest absolute Gasteiger partial charge is 0.379 e. The molecule has 2 atom stereocenters. The highest BCUT2D eigenvalue weighted by molar-refractivity contribution is 5.74. The van der Waals surface area contributed by atoms with Crippen molar-refractivity contribution in [2.75, 3.05) is 45.9 Å². The maximum atomic E-state index is 12.9. The predicted octanol–water partition coefficient (Wildman–Crippen LogP) is 3.02. The number of rotatable bonds is 7. The number of ether oxygens (including phenoxy) is 1. The van der Waals surface area contributed by atoms with E-state index in [-0.39, 0.29) is 18.1 Å². The third-order valence-corrected chi connectivity index (χ3v) is 6.14. The fraction of sp³-hybridized carbons (Fsp3) is 0.480. The molecule has 0 radical (unpaired) electrons. The number of hydrogen-bond acceptors (Lipinski definition) is 4. The summed E-state index contributed by atoms with van der Waals surface area (Å²) in [5, 5.41) is 6.48. The van der Waals surface area contributed by atoms with E-state index in [2.05, 4.69) is 62.9 Å². The lowest BCUT2D eigenvalue weighted by Gasteiger charge is -2.34. The molecule has 2 aromatic rings. The number of amides is 2. The Kier molecular flexibility index (Phi) is 7.93. The third kappa shape index (κ3) is 6.79. The number of carbonyl (C=O) groups excluding carboxylic acids is 1. The van der Waals surface area contributed by atoms with Gasteiger partial charge in [0, 0.05) is 38.8 Å². The number of morpholine rings is 1. The number of piperidine rings is 1. The molecule has 2 aliphatic rings. The Labute approximate surface area is 185 Å². The van der Waals surface area contributed by atoms with Crippen LogP contribution < -0.4 is 10.6 Å². The Morgan fingerprint density at radius 2 is 1.68 bits per heavy atom. The summed E-state index contributed by atoms with van der Waals surface area (Å²) < 4.78 is 5.48. The van der Waals surface area contributed by atoms with Crippen LogP contribution >= 0.6 is 0 Å². The van der Waals surface area contributed by atoms with Gasteiger partial charge in [0.15, 0.2) is 0 Å². The molecule has 0 spiro atoms. The van der Waals surface area contributed by atoms with Gasteiger partial charge in [-0.15, -0.1) is 0 Å².